The van der Waals surface area contributed by atoms with Crippen LogP contribution < -0.4 is 14.5 Å². The molecular formula is C28H30N2O3. The van der Waals surface area contributed by atoms with Crippen LogP contribution in [-0.2, 0) is 9.59 Å². The first-order valence-electron chi connectivity index (χ1n) is 11.3. The number of carbonyl (C=O) groups is 2. The number of aryl methyl sites for hydroxylation is 2. The number of hydrogen-bond donors (Lipinski definition) is 0. The largest absolute Gasteiger partial charge is 0.497 e. The van der Waals surface area contributed by atoms with Crippen LogP contribution in [0.3, 0.4) is 0 Å². The Morgan fingerprint density at radius 1 is 0.879 bits per heavy atom. The topological polar surface area (TPSA) is 49.9 Å². The summed E-state index contributed by atoms with van der Waals surface area (Å²) in [5.74, 6) is 0.844. The molecule has 0 aliphatic carbocycles. The fourth-order valence-corrected chi connectivity index (χ4v) is 4.50. The molecule has 4 rings (SSSR count). The molecule has 1 aliphatic heterocycles. The Hall–Kier alpha value is -3.60. The highest BCUT2D eigenvalue weighted by molar-refractivity contribution is 6.15. The molecule has 3 aromatic carbocycles. The Balaban J connectivity index is 1.83. The molecule has 0 aromatic heterocycles. The van der Waals surface area contributed by atoms with E-state index in [4.69, 9.17) is 4.74 Å². The van der Waals surface area contributed by atoms with Crippen molar-refractivity contribution in [3.8, 4) is 5.75 Å². The molecule has 0 saturated carbocycles. The summed E-state index contributed by atoms with van der Waals surface area (Å²) < 4.78 is 5.27. The van der Waals surface area contributed by atoms with E-state index in [0.29, 0.717) is 17.4 Å². The van der Waals surface area contributed by atoms with Crippen LogP contribution >= 0.6 is 0 Å². The Labute approximate surface area is 195 Å². The molecule has 0 N–H and O–H groups in total. The molecule has 0 spiro atoms. The molecule has 5 heteroatoms. The number of ether oxygens (including phenoxy) is 1. The standard InChI is InChI=1S/C28H30N2O3/c1-18(2)21-9-11-22(12-10-21)27-28(32)29(26-19(3)7-6-8-20(26)4)17-25(31)30(27)23-13-15-24(33-5)16-14-23/h6-16,18,27H,17H2,1-5H3. The van der Waals surface area contributed by atoms with Gasteiger partial charge in [-0.1, -0.05) is 56.3 Å². The lowest BCUT2D eigenvalue weighted by Crippen LogP contribution is -2.56. The van der Waals surface area contributed by atoms with E-state index in [1.807, 2.05) is 80.6 Å². The molecule has 0 radical (unpaired) electrons. The fourth-order valence-electron chi connectivity index (χ4n) is 4.50. The van der Waals surface area contributed by atoms with E-state index >= 15 is 0 Å². The number of rotatable bonds is 5. The number of benzene rings is 3. The average Bonchev–Trinajstić information content (AvgIpc) is 2.81. The van der Waals surface area contributed by atoms with Gasteiger partial charge in [0.1, 0.15) is 18.3 Å². The smallest absolute Gasteiger partial charge is 0.255 e. The molecule has 1 aliphatic rings. The van der Waals surface area contributed by atoms with Gasteiger partial charge in [0.25, 0.3) is 5.91 Å². The average molecular weight is 443 g/mol. The van der Waals surface area contributed by atoms with Gasteiger partial charge >= 0.3 is 0 Å². The van der Waals surface area contributed by atoms with Crippen LogP contribution in [0.15, 0.2) is 66.7 Å². The summed E-state index contributed by atoms with van der Waals surface area (Å²) in [4.78, 5) is 30.8. The first kappa shape index (κ1) is 22.6. The number of amides is 2. The summed E-state index contributed by atoms with van der Waals surface area (Å²) in [5, 5.41) is 0. The maximum absolute atomic E-state index is 14.0. The quantitative estimate of drug-likeness (QED) is 0.520. The number of piperazine rings is 1. The molecule has 1 unspecified atom stereocenters. The molecule has 1 atom stereocenters. The number of carbonyl (C=O) groups excluding carboxylic acids is 2. The van der Waals surface area contributed by atoms with Gasteiger partial charge in [0, 0.05) is 5.69 Å². The maximum atomic E-state index is 14.0. The van der Waals surface area contributed by atoms with Crippen molar-refractivity contribution in [3.05, 3.63) is 89.0 Å². The normalized spacial score (nSPS) is 16.5. The zero-order valence-electron chi connectivity index (χ0n) is 19.8. The molecule has 33 heavy (non-hydrogen) atoms. The molecule has 170 valence electrons. The summed E-state index contributed by atoms with van der Waals surface area (Å²) in [6, 6.07) is 20.5. The lowest BCUT2D eigenvalue weighted by molar-refractivity contribution is -0.128. The number of anilines is 2. The Morgan fingerprint density at radius 3 is 2.03 bits per heavy atom. The minimum Gasteiger partial charge on any atom is -0.497 e. The van der Waals surface area contributed by atoms with Crippen LogP contribution in [0.25, 0.3) is 0 Å². The van der Waals surface area contributed by atoms with E-state index < -0.39 is 6.04 Å². The highest BCUT2D eigenvalue weighted by Gasteiger charge is 2.42. The predicted octanol–water partition coefficient (Wildman–Crippen LogP) is 5.56. The van der Waals surface area contributed by atoms with E-state index in [2.05, 4.69) is 13.8 Å². The third kappa shape index (κ3) is 4.23. The molecule has 1 fully saturated rings. The first-order valence-corrected chi connectivity index (χ1v) is 11.3. The van der Waals surface area contributed by atoms with Crippen LogP contribution in [0.2, 0.25) is 0 Å². The molecule has 2 amide bonds. The van der Waals surface area contributed by atoms with Crippen molar-refractivity contribution in [1.29, 1.82) is 0 Å². The van der Waals surface area contributed by atoms with Gasteiger partial charge in [0.05, 0.1) is 12.8 Å². The van der Waals surface area contributed by atoms with Crippen molar-refractivity contribution in [2.24, 2.45) is 0 Å². The Bertz CT molecular complexity index is 1150. The van der Waals surface area contributed by atoms with Crippen LogP contribution in [0, 0.1) is 13.8 Å². The highest BCUT2D eigenvalue weighted by atomic mass is 16.5. The van der Waals surface area contributed by atoms with Crippen molar-refractivity contribution >= 4 is 23.2 Å². The van der Waals surface area contributed by atoms with Crippen molar-refractivity contribution in [3.63, 3.8) is 0 Å². The Morgan fingerprint density at radius 2 is 1.48 bits per heavy atom. The van der Waals surface area contributed by atoms with Crippen LogP contribution in [-0.4, -0.2) is 25.5 Å². The number of hydrogen-bond acceptors (Lipinski definition) is 3. The van der Waals surface area contributed by atoms with Gasteiger partial charge in [-0.2, -0.15) is 0 Å². The molecule has 3 aromatic rings. The zero-order valence-corrected chi connectivity index (χ0v) is 19.8. The van der Waals surface area contributed by atoms with Crippen molar-refractivity contribution < 1.29 is 14.3 Å². The third-order valence-corrected chi connectivity index (χ3v) is 6.30. The van der Waals surface area contributed by atoms with Crippen LogP contribution in [0.4, 0.5) is 11.4 Å². The maximum Gasteiger partial charge on any atom is 0.255 e. The second-order valence-corrected chi connectivity index (χ2v) is 8.85. The predicted molar refractivity (Wildman–Crippen MR) is 132 cm³/mol. The van der Waals surface area contributed by atoms with Crippen LogP contribution in [0.5, 0.6) is 5.75 Å². The van der Waals surface area contributed by atoms with Gasteiger partial charge in [0.2, 0.25) is 5.91 Å². The van der Waals surface area contributed by atoms with Gasteiger partial charge in [-0.25, -0.2) is 0 Å². The third-order valence-electron chi connectivity index (χ3n) is 6.30. The minimum atomic E-state index is -0.750. The summed E-state index contributed by atoms with van der Waals surface area (Å²) in [7, 11) is 1.60. The van der Waals surface area contributed by atoms with E-state index in [-0.39, 0.29) is 18.4 Å². The number of para-hydroxylation sites is 1. The zero-order chi connectivity index (χ0) is 23.7. The van der Waals surface area contributed by atoms with E-state index in [1.165, 1.54) is 5.56 Å². The van der Waals surface area contributed by atoms with Crippen molar-refractivity contribution in [2.75, 3.05) is 23.5 Å². The summed E-state index contributed by atoms with van der Waals surface area (Å²) >= 11 is 0. The fraction of sp³-hybridized carbons (Fsp3) is 0.286. The monoisotopic (exact) mass is 442 g/mol. The summed E-state index contributed by atoms with van der Waals surface area (Å²) in [6.45, 7) is 8.22. The molecular weight excluding hydrogens is 412 g/mol. The van der Waals surface area contributed by atoms with E-state index in [0.717, 1.165) is 22.4 Å². The molecule has 0 bridgehead atoms. The van der Waals surface area contributed by atoms with E-state index in [9.17, 15) is 9.59 Å². The van der Waals surface area contributed by atoms with Crippen molar-refractivity contribution in [2.45, 2.75) is 39.7 Å². The summed E-state index contributed by atoms with van der Waals surface area (Å²) in [5.41, 5.74) is 5.42. The molecule has 1 saturated heterocycles. The number of nitrogens with zero attached hydrogens (tertiary/aromatic N) is 2. The molecule has 5 nitrogen and oxygen atoms in total. The number of methoxy groups -OCH3 is 1. The van der Waals surface area contributed by atoms with Crippen LogP contribution in [0.1, 0.15) is 48.1 Å². The minimum absolute atomic E-state index is 0.00284. The molecule has 1 heterocycles. The van der Waals surface area contributed by atoms with Gasteiger partial charge in [-0.3, -0.25) is 14.5 Å². The van der Waals surface area contributed by atoms with Gasteiger partial charge in [0.15, 0.2) is 0 Å². The first-order chi connectivity index (χ1) is 15.8. The lowest BCUT2D eigenvalue weighted by Gasteiger charge is -2.41. The second kappa shape index (κ2) is 9.10. The Kier molecular flexibility index (Phi) is 6.23. The van der Waals surface area contributed by atoms with E-state index in [1.54, 1.807) is 16.9 Å². The second-order valence-electron chi connectivity index (χ2n) is 8.85. The summed E-state index contributed by atoms with van der Waals surface area (Å²) in [6.07, 6.45) is 0. The van der Waals surface area contributed by atoms with Crippen molar-refractivity contribution in [1.82, 2.24) is 0 Å². The SMILES string of the molecule is COc1ccc(N2C(=O)CN(c3c(C)cccc3C)C(=O)C2c2ccc(C(C)C)cc2)cc1. The highest BCUT2D eigenvalue weighted by Crippen LogP contribution is 2.37. The van der Waals surface area contributed by atoms with Gasteiger partial charge < -0.3 is 9.64 Å². The lowest BCUT2D eigenvalue weighted by atomic mass is 9.95. The van der Waals surface area contributed by atoms with Gasteiger partial charge in [-0.05, 0) is 66.3 Å². The van der Waals surface area contributed by atoms with Gasteiger partial charge in [-0.15, -0.1) is 0 Å².